The molecule has 0 bridgehead atoms. The third-order valence-corrected chi connectivity index (χ3v) is 3.72. The number of carbonyl (C=O) groups excluding carboxylic acids is 2. The Morgan fingerprint density at radius 3 is 2.48 bits per heavy atom. The van der Waals surface area contributed by atoms with Gasteiger partial charge in [0.2, 0.25) is 17.6 Å². The molecule has 2 N–H and O–H groups in total. The molecule has 0 radical (unpaired) electrons. The lowest BCUT2D eigenvalue weighted by molar-refractivity contribution is -0.121. The summed E-state index contributed by atoms with van der Waals surface area (Å²) in [7, 11) is 0. The van der Waals surface area contributed by atoms with Crippen molar-refractivity contribution < 1.29 is 18.5 Å². The molecule has 138 valence electrons. The zero-order valence-electron chi connectivity index (χ0n) is 14.3. The smallest absolute Gasteiger partial charge is 0.269 e. The second kappa shape index (κ2) is 8.70. The molecule has 0 aliphatic rings. The first-order valence-corrected chi connectivity index (χ1v) is 8.34. The molecule has 0 saturated heterocycles. The van der Waals surface area contributed by atoms with Gasteiger partial charge in [0.25, 0.3) is 5.91 Å². The number of carbonyl (C=O) groups is 2. The van der Waals surface area contributed by atoms with Crippen molar-refractivity contribution in [2.45, 2.75) is 19.3 Å². The number of aryl methyl sites for hydroxylation is 1. The number of nitrogens with zero attached hydrogens (tertiary/aromatic N) is 2. The van der Waals surface area contributed by atoms with Crippen LogP contribution in [0.2, 0.25) is 0 Å². The Morgan fingerprint density at radius 1 is 1.00 bits per heavy atom. The van der Waals surface area contributed by atoms with Crippen molar-refractivity contribution >= 4 is 11.8 Å². The van der Waals surface area contributed by atoms with E-state index in [9.17, 15) is 14.0 Å². The zero-order chi connectivity index (χ0) is 19.1. The van der Waals surface area contributed by atoms with E-state index in [0.717, 1.165) is 0 Å². The van der Waals surface area contributed by atoms with Crippen LogP contribution in [0.25, 0.3) is 11.4 Å². The highest BCUT2D eigenvalue weighted by molar-refractivity contribution is 5.95. The number of rotatable bonds is 6. The number of amides is 2. The van der Waals surface area contributed by atoms with E-state index in [2.05, 4.69) is 21.0 Å². The molecule has 3 rings (SSSR count). The van der Waals surface area contributed by atoms with E-state index in [1.165, 1.54) is 12.1 Å². The van der Waals surface area contributed by atoms with Crippen LogP contribution in [0.4, 0.5) is 4.39 Å². The van der Waals surface area contributed by atoms with Crippen molar-refractivity contribution in [3.05, 3.63) is 71.9 Å². The van der Waals surface area contributed by atoms with Crippen molar-refractivity contribution in [2.75, 3.05) is 0 Å². The van der Waals surface area contributed by atoms with Gasteiger partial charge in [-0.3, -0.25) is 20.4 Å². The maximum Gasteiger partial charge on any atom is 0.269 e. The molecule has 8 heteroatoms. The lowest BCUT2D eigenvalue weighted by atomic mass is 10.2. The second-order valence-corrected chi connectivity index (χ2v) is 5.74. The fraction of sp³-hybridized carbons (Fsp3) is 0.158. The molecule has 1 heterocycles. The van der Waals surface area contributed by atoms with Gasteiger partial charge in [0.15, 0.2) is 0 Å². The van der Waals surface area contributed by atoms with E-state index in [0.29, 0.717) is 35.7 Å². The predicted molar refractivity (Wildman–Crippen MR) is 94.7 cm³/mol. The molecule has 7 nitrogen and oxygen atoms in total. The topological polar surface area (TPSA) is 97.1 Å². The first kappa shape index (κ1) is 18.2. The number of aromatic nitrogens is 2. The van der Waals surface area contributed by atoms with E-state index < -0.39 is 0 Å². The lowest BCUT2D eigenvalue weighted by Gasteiger charge is -2.06. The van der Waals surface area contributed by atoms with Crippen LogP contribution in [0.15, 0.2) is 59.1 Å². The normalized spacial score (nSPS) is 10.4. The number of hydrogen-bond acceptors (Lipinski definition) is 5. The molecule has 0 aliphatic heterocycles. The molecule has 1 aromatic heterocycles. The van der Waals surface area contributed by atoms with Gasteiger partial charge >= 0.3 is 0 Å². The number of halogens is 1. The molecule has 0 aliphatic carbocycles. The fourth-order valence-corrected chi connectivity index (χ4v) is 2.32. The highest BCUT2D eigenvalue weighted by Crippen LogP contribution is 2.16. The Hall–Kier alpha value is -3.55. The summed E-state index contributed by atoms with van der Waals surface area (Å²) < 4.78 is 18.1. The minimum absolute atomic E-state index is 0.184. The summed E-state index contributed by atoms with van der Waals surface area (Å²) in [5, 5.41) is 3.84. The summed E-state index contributed by atoms with van der Waals surface area (Å²) in [5.74, 6) is -0.296. The van der Waals surface area contributed by atoms with Crippen molar-refractivity contribution in [1.82, 2.24) is 21.0 Å². The molecule has 3 aromatic rings. The van der Waals surface area contributed by atoms with E-state index in [1.54, 1.807) is 42.5 Å². The van der Waals surface area contributed by atoms with Gasteiger partial charge in [0, 0.05) is 24.0 Å². The van der Waals surface area contributed by atoms with Gasteiger partial charge < -0.3 is 4.52 Å². The maximum atomic E-state index is 12.9. The minimum Gasteiger partial charge on any atom is -0.339 e. The quantitative estimate of drug-likeness (QED) is 0.652. The van der Waals surface area contributed by atoms with Crippen LogP contribution in [0, 0.1) is 5.82 Å². The summed E-state index contributed by atoms with van der Waals surface area (Å²) in [4.78, 5) is 27.8. The first-order chi connectivity index (χ1) is 13.1. The van der Waals surface area contributed by atoms with Gasteiger partial charge in [-0.1, -0.05) is 23.4 Å². The Labute approximate surface area is 154 Å². The van der Waals surface area contributed by atoms with E-state index in [-0.39, 0.29) is 24.1 Å². The summed E-state index contributed by atoms with van der Waals surface area (Å²) in [6.45, 7) is 0. The molecule has 0 unspecified atom stereocenters. The van der Waals surface area contributed by atoms with Crippen molar-refractivity contribution in [3.8, 4) is 11.4 Å². The minimum atomic E-state index is -0.384. The van der Waals surface area contributed by atoms with E-state index in [1.807, 2.05) is 0 Å². The van der Waals surface area contributed by atoms with Gasteiger partial charge in [0.05, 0.1) is 0 Å². The lowest BCUT2D eigenvalue weighted by Crippen LogP contribution is -2.41. The average molecular weight is 368 g/mol. The summed E-state index contributed by atoms with van der Waals surface area (Å²) in [6, 6.07) is 14.3. The van der Waals surface area contributed by atoms with Crippen molar-refractivity contribution in [1.29, 1.82) is 0 Å². The number of hydrazine groups is 1. The molecule has 0 atom stereocenters. The third kappa shape index (κ3) is 5.21. The van der Waals surface area contributed by atoms with Crippen LogP contribution in [0.1, 0.15) is 29.1 Å². The molecular weight excluding hydrogens is 351 g/mol. The highest BCUT2D eigenvalue weighted by atomic mass is 19.1. The van der Waals surface area contributed by atoms with Crippen LogP contribution in [0.5, 0.6) is 0 Å². The molecule has 0 saturated carbocycles. The first-order valence-electron chi connectivity index (χ1n) is 8.34. The SMILES string of the molecule is O=C(CCCc1nc(-c2ccc(F)cc2)no1)NNC(=O)c1ccccc1. The van der Waals surface area contributed by atoms with Gasteiger partial charge in [-0.25, -0.2) is 4.39 Å². The standard InChI is InChI=1S/C19H17FN4O3/c20-15-11-9-13(10-12-15)18-21-17(27-24-18)8-4-7-16(25)22-23-19(26)14-5-2-1-3-6-14/h1-3,5-6,9-12H,4,7-8H2,(H,22,25)(H,23,26). The molecule has 27 heavy (non-hydrogen) atoms. The average Bonchev–Trinajstić information content (AvgIpc) is 3.16. The summed E-state index contributed by atoms with van der Waals surface area (Å²) in [6.07, 6.45) is 1.07. The monoisotopic (exact) mass is 368 g/mol. The zero-order valence-corrected chi connectivity index (χ0v) is 14.3. The number of nitrogens with one attached hydrogen (secondary N) is 2. The summed E-state index contributed by atoms with van der Waals surface area (Å²) in [5.41, 5.74) is 5.82. The van der Waals surface area contributed by atoms with Crippen LogP contribution in [0.3, 0.4) is 0 Å². The molecule has 0 fully saturated rings. The Balaban J connectivity index is 1.41. The van der Waals surface area contributed by atoms with Gasteiger partial charge in [-0.05, 0) is 42.8 Å². The van der Waals surface area contributed by atoms with Gasteiger partial charge in [0.1, 0.15) is 5.82 Å². The number of hydrogen-bond donors (Lipinski definition) is 2. The van der Waals surface area contributed by atoms with Gasteiger partial charge in [-0.15, -0.1) is 0 Å². The highest BCUT2D eigenvalue weighted by Gasteiger charge is 2.10. The third-order valence-electron chi connectivity index (χ3n) is 3.72. The molecule has 0 spiro atoms. The van der Waals surface area contributed by atoms with Crippen molar-refractivity contribution in [3.63, 3.8) is 0 Å². The Kier molecular flexibility index (Phi) is 5.88. The van der Waals surface area contributed by atoms with E-state index in [4.69, 9.17) is 4.52 Å². The van der Waals surface area contributed by atoms with Crippen molar-refractivity contribution in [2.24, 2.45) is 0 Å². The Bertz CT molecular complexity index is 910. The van der Waals surface area contributed by atoms with Crippen LogP contribution in [-0.4, -0.2) is 22.0 Å². The molecule has 2 aromatic carbocycles. The second-order valence-electron chi connectivity index (χ2n) is 5.74. The number of benzene rings is 2. The molecule has 2 amide bonds. The summed E-state index contributed by atoms with van der Waals surface area (Å²) >= 11 is 0. The van der Waals surface area contributed by atoms with Gasteiger partial charge in [-0.2, -0.15) is 4.98 Å². The van der Waals surface area contributed by atoms with Crippen LogP contribution < -0.4 is 10.9 Å². The predicted octanol–water partition coefficient (Wildman–Crippen LogP) is 2.66. The largest absolute Gasteiger partial charge is 0.339 e. The van der Waals surface area contributed by atoms with E-state index >= 15 is 0 Å². The van der Waals surface area contributed by atoms with Crippen LogP contribution in [-0.2, 0) is 11.2 Å². The molecular formula is C19H17FN4O3. The Morgan fingerprint density at radius 2 is 1.74 bits per heavy atom. The van der Waals surface area contributed by atoms with Crippen LogP contribution >= 0.6 is 0 Å². The fourth-order valence-electron chi connectivity index (χ4n) is 2.32. The maximum absolute atomic E-state index is 12.9.